The van der Waals surface area contributed by atoms with E-state index in [4.69, 9.17) is 5.73 Å². The first kappa shape index (κ1) is 15.5. The van der Waals surface area contributed by atoms with Crippen molar-refractivity contribution >= 4 is 18.2 Å². The van der Waals surface area contributed by atoms with Gasteiger partial charge in [-0.2, -0.15) is 0 Å². The number of imidazole rings is 1. The summed E-state index contributed by atoms with van der Waals surface area (Å²) in [5.74, 6) is -0.637. The lowest BCUT2D eigenvalue weighted by Crippen LogP contribution is -2.23. The van der Waals surface area contributed by atoms with Crippen molar-refractivity contribution in [1.29, 1.82) is 0 Å². The molecule has 0 saturated heterocycles. The van der Waals surface area contributed by atoms with Crippen LogP contribution in [0.15, 0.2) is 42.9 Å². The Morgan fingerprint density at radius 2 is 2.22 bits per heavy atom. The van der Waals surface area contributed by atoms with Crippen molar-refractivity contribution < 1.29 is 9.90 Å². The third-order valence-corrected chi connectivity index (χ3v) is 4.54. The van der Waals surface area contributed by atoms with Crippen LogP contribution in [0.3, 0.4) is 0 Å². The molecule has 5 nitrogen and oxygen atoms in total. The third-order valence-electron chi connectivity index (χ3n) is 4.54. The topological polar surface area (TPSA) is 81.1 Å². The molecule has 23 heavy (non-hydrogen) atoms. The van der Waals surface area contributed by atoms with Gasteiger partial charge in [0.2, 0.25) is 0 Å². The fourth-order valence-electron chi connectivity index (χ4n) is 3.11. The Kier molecular flexibility index (Phi) is 4.30. The summed E-state index contributed by atoms with van der Waals surface area (Å²) in [6, 6.07) is 9.95. The Hall–Kier alpha value is -2.40. The maximum Gasteiger partial charge on any atom is 0.316 e. The van der Waals surface area contributed by atoms with E-state index in [-0.39, 0.29) is 5.92 Å². The van der Waals surface area contributed by atoms with E-state index in [9.17, 15) is 9.90 Å². The molecule has 120 valence electrons. The minimum absolute atomic E-state index is 0.144. The van der Waals surface area contributed by atoms with Gasteiger partial charge < -0.3 is 15.4 Å². The van der Waals surface area contributed by atoms with Crippen molar-refractivity contribution in [3.05, 3.63) is 54.1 Å². The monoisotopic (exact) mass is 311 g/mol. The first-order valence-corrected chi connectivity index (χ1v) is 7.87. The standard InChI is InChI=1S/C18H21N3O2/c19-9-4-7-15-11-18(15,17(22)23)16-12-21(13-20-16)10-8-14-5-2-1-3-6-14/h1-3,5-6,8,10,12-13,15H,4,7,9,11,19H2,(H,22,23). The van der Waals surface area contributed by atoms with Gasteiger partial charge in [0.05, 0.1) is 12.0 Å². The molecule has 5 heteroatoms. The number of benzene rings is 1. The van der Waals surface area contributed by atoms with Gasteiger partial charge in [-0.15, -0.1) is 0 Å². The van der Waals surface area contributed by atoms with Gasteiger partial charge in [-0.3, -0.25) is 4.79 Å². The highest BCUT2D eigenvalue weighted by molar-refractivity contribution is 5.85. The number of nitrogens with two attached hydrogens (primary N) is 1. The van der Waals surface area contributed by atoms with Crippen molar-refractivity contribution in [3.63, 3.8) is 0 Å². The number of aliphatic carboxylic acids is 1. The Balaban J connectivity index is 1.76. The second-order valence-corrected chi connectivity index (χ2v) is 6.04. The molecule has 0 bridgehead atoms. The molecule has 0 amide bonds. The highest BCUT2D eigenvalue weighted by Crippen LogP contribution is 2.56. The van der Waals surface area contributed by atoms with E-state index in [0.29, 0.717) is 18.7 Å². The molecular formula is C18H21N3O2. The smallest absolute Gasteiger partial charge is 0.316 e. The van der Waals surface area contributed by atoms with Crippen molar-refractivity contribution in [2.45, 2.75) is 24.7 Å². The fraction of sp³-hybridized carbons (Fsp3) is 0.333. The van der Waals surface area contributed by atoms with Gasteiger partial charge in [-0.25, -0.2) is 4.98 Å². The predicted octanol–water partition coefficient (Wildman–Crippen LogP) is 2.59. The Morgan fingerprint density at radius 1 is 1.43 bits per heavy atom. The molecule has 0 radical (unpaired) electrons. The number of carboxylic acid groups (broad SMARTS) is 1. The third kappa shape index (κ3) is 3.05. The van der Waals surface area contributed by atoms with Gasteiger partial charge in [-0.1, -0.05) is 30.3 Å². The molecule has 2 aromatic rings. The van der Waals surface area contributed by atoms with E-state index < -0.39 is 11.4 Å². The summed E-state index contributed by atoms with van der Waals surface area (Å²) >= 11 is 0. The van der Waals surface area contributed by atoms with E-state index in [0.717, 1.165) is 18.4 Å². The number of nitrogens with zero attached hydrogens (tertiary/aromatic N) is 2. The number of rotatable bonds is 7. The first-order chi connectivity index (χ1) is 11.2. The van der Waals surface area contributed by atoms with E-state index >= 15 is 0 Å². The van der Waals surface area contributed by atoms with Crippen LogP contribution in [-0.2, 0) is 10.2 Å². The maximum atomic E-state index is 11.7. The summed E-state index contributed by atoms with van der Waals surface area (Å²) in [6.45, 7) is 0.598. The van der Waals surface area contributed by atoms with Gasteiger partial charge in [0.1, 0.15) is 5.41 Å². The van der Waals surface area contributed by atoms with Gasteiger partial charge >= 0.3 is 5.97 Å². The summed E-state index contributed by atoms with van der Waals surface area (Å²) in [4.78, 5) is 16.1. The lowest BCUT2D eigenvalue weighted by Gasteiger charge is -2.09. The number of carbonyl (C=O) groups is 1. The Bertz CT molecular complexity index is 708. The zero-order valence-electron chi connectivity index (χ0n) is 12.9. The van der Waals surface area contributed by atoms with Gasteiger partial charge in [-0.05, 0) is 43.4 Å². The second-order valence-electron chi connectivity index (χ2n) is 6.04. The minimum Gasteiger partial charge on any atom is -0.481 e. The van der Waals surface area contributed by atoms with Gasteiger partial charge in [0.15, 0.2) is 0 Å². The molecule has 1 aliphatic rings. The SMILES string of the molecule is NCCCC1CC1(C(=O)O)c1cn(C=Cc2ccccc2)cn1. The van der Waals surface area contributed by atoms with Crippen LogP contribution >= 0.6 is 0 Å². The van der Waals surface area contributed by atoms with Crippen LogP contribution in [0.4, 0.5) is 0 Å². The van der Waals surface area contributed by atoms with Crippen LogP contribution in [0.5, 0.6) is 0 Å². The van der Waals surface area contributed by atoms with E-state index in [1.165, 1.54) is 0 Å². The largest absolute Gasteiger partial charge is 0.481 e. The van der Waals surface area contributed by atoms with Gasteiger partial charge in [0.25, 0.3) is 0 Å². The number of carboxylic acids is 1. The zero-order chi connectivity index (χ0) is 16.3. The summed E-state index contributed by atoms with van der Waals surface area (Å²) in [6.07, 6.45) is 9.69. The molecule has 2 unspecified atom stereocenters. The van der Waals surface area contributed by atoms with Crippen molar-refractivity contribution in [2.24, 2.45) is 11.7 Å². The van der Waals surface area contributed by atoms with Crippen LogP contribution in [0, 0.1) is 5.92 Å². The molecule has 2 atom stereocenters. The quantitative estimate of drug-likeness (QED) is 0.823. The van der Waals surface area contributed by atoms with Crippen molar-refractivity contribution in [2.75, 3.05) is 6.54 Å². The minimum atomic E-state index is -0.818. The predicted molar refractivity (Wildman–Crippen MR) is 89.6 cm³/mol. The van der Waals surface area contributed by atoms with E-state index in [2.05, 4.69) is 4.98 Å². The van der Waals surface area contributed by atoms with E-state index in [1.807, 2.05) is 53.4 Å². The molecule has 3 N–H and O–H groups in total. The lowest BCUT2D eigenvalue weighted by molar-refractivity contribution is -0.140. The van der Waals surface area contributed by atoms with Gasteiger partial charge in [0, 0.05) is 12.4 Å². The summed E-state index contributed by atoms with van der Waals surface area (Å²) in [5, 5.41) is 9.65. The molecule has 1 aromatic carbocycles. The number of aromatic nitrogens is 2. The number of hydrogen-bond acceptors (Lipinski definition) is 3. The van der Waals surface area contributed by atoms with Crippen LogP contribution in [0.2, 0.25) is 0 Å². The molecule has 1 aromatic heterocycles. The molecule has 1 fully saturated rings. The molecule has 0 aliphatic heterocycles. The molecule has 1 heterocycles. The fourth-order valence-corrected chi connectivity index (χ4v) is 3.11. The summed E-state index contributed by atoms with van der Waals surface area (Å²) in [5.41, 5.74) is 6.44. The molecular weight excluding hydrogens is 290 g/mol. The average Bonchev–Trinajstić information content (AvgIpc) is 3.12. The van der Waals surface area contributed by atoms with Crippen molar-refractivity contribution in [1.82, 2.24) is 9.55 Å². The zero-order valence-corrected chi connectivity index (χ0v) is 12.9. The Labute approximate surface area is 135 Å². The second kappa shape index (κ2) is 6.38. The summed E-state index contributed by atoms with van der Waals surface area (Å²) < 4.78 is 1.81. The van der Waals surface area contributed by atoms with Crippen LogP contribution in [0.1, 0.15) is 30.5 Å². The molecule has 0 spiro atoms. The molecule has 1 aliphatic carbocycles. The van der Waals surface area contributed by atoms with E-state index in [1.54, 1.807) is 6.33 Å². The van der Waals surface area contributed by atoms with Crippen LogP contribution < -0.4 is 5.73 Å². The molecule has 3 rings (SSSR count). The lowest BCUT2D eigenvalue weighted by atomic mass is 9.98. The maximum absolute atomic E-state index is 11.7. The highest BCUT2D eigenvalue weighted by atomic mass is 16.4. The molecule has 1 saturated carbocycles. The normalized spacial score (nSPS) is 23.3. The number of hydrogen-bond donors (Lipinski definition) is 2. The average molecular weight is 311 g/mol. The van der Waals surface area contributed by atoms with Crippen LogP contribution in [0.25, 0.3) is 12.3 Å². The van der Waals surface area contributed by atoms with Crippen molar-refractivity contribution in [3.8, 4) is 0 Å². The van der Waals surface area contributed by atoms with Crippen LogP contribution in [-0.4, -0.2) is 27.2 Å². The first-order valence-electron chi connectivity index (χ1n) is 7.87. The highest BCUT2D eigenvalue weighted by Gasteiger charge is 2.62. The Morgan fingerprint density at radius 3 is 2.91 bits per heavy atom. The summed E-state index contributed by atoms with van der Waals surface area (Å²) in [7, 11) is 0.